The summed E-state index contributed by atoms with van der Waals surface area (Å²) in [6.07, 6.45) is 3.17. The van der Waals surface area contributed by atoms with Crippen LogP contribution in [0.1, 0.15) is 10.4 Å². The second kappa shape index (κ2) is 4.05. The van der Waals surface area contributed by atoms with Gasteiger partial charge in [-0.1, -0.05) is 0 Å². The topological polar surface area (TPSA) is 75.1 Å². The molecule has 2 rings (SSSR count). The van der Waals surface area contributed by atoms with E-state index in [9.17, 15) is 4.79 Å². The quantitative estimate of drug-likeness (QED) is 0.828. The minimum Gasteiger partial charge on any atom is -0.478 e. The molecule has 0 aliphatic carbocycles. The van der Waals surface area contributed by atoms with Crippen LogP contribution in [0.25, 0.3) is 0 Å². The highest BCUT2D eigenvalue weighted by Gasteiger charge is 2.11. The van der Waals surface area contributed by atoms with Crippen LogP contribution in [0, 0.1) is 0 Å². The van der Waals surface area contributed by atoms with E-state index < -0.39 is 5.97 Å². The third-order valence-corrected chi connectivity index (χ3v) is 2.52. The van der Waals surface area contributed by atoms with Crippen molar-refractivity contribution in [2.45, 2.75) is 0 Å². The monoisotopic (exact) mass is 221 g/mol. The average molecular weight is 221 g/mol. The van der Waals surface area contributed by atoms with Gasteiger partial charge in [-0.15, -0.1) is 11.3 Å². The molecule has 6 heteroatoms. The second-order valence-electron chi connectivity index (χ2n) is 2.67. The van der Waals surface area contributed by atoms with Crippen LogP contribution in [0.5, 0.6) is 0 Å². The first kappa shape index (κ1) is 9.60. The van der Waals surface area contributed by atoms with Gasteiger partial charge in [-0.3, -0.25) is 0 Å². The van der Waals surface area contributed by atoms with E-state index in [1.165, 1.54) is 17.4 Å². The van der Waals surface area contributed by atoms with Gasteiger partial charge in [0.1, 0.15) is 5.00 Å². The number of hydrogen-bond donors (Lipinski definition) is 2. The highest BCUT2D eigenvalue weighted by Crippen LogP contribution is 2.25. The minimum absolute atomic E-state index is 0.229. The first-order valence-electron chi connectivity index (χ1n) is 4.12. The number of carbonyl (C=O) groups is 1. The van der Waals surface area contributed by atoms with Gasteiger partial charge in [-0.25, -0.2) is 14.8 Å². The molecule has 2 aromatic rings. The van der Waals surface area contributed by atoms with Gasteiger partial charge in [-0.05, 0) is 17.5 Å². The molecule has 0 atom stereocenters. The maximum atomic E-state index is 10.8. The van der Waals surface area contributed by atoms with E-state index in [0.29, 0.717) is 10.9 Å². The number of carboxylic acids is 1. The van der Waals surface area contributed by atoms with Gasteiger partial charge >= 0.3 is 5.97 Å². The highest BCUT2D eigenvalue weighted by atomic mass is 32.1. The van der Waals surface area contributed by atoms with Crippen LogP contribution in [0.2, 0.25) is 0 Å². The summed E-state index contributed by atoms with van der Waals surface area (Å²) < 4.78 is 0. The lowest BCUT2D eigenvalue weighted by Gasteiger charge is -2.01. The number of carboxylic acid groups (broad SMARTS) is 1. The zero-order chi connectivity index (χ0) is 10.7. The Kier molecular flexibility index (Phi) is 2.59. The molecule has 0 amide bonds. The van der Waals surface area contributed by atoms with Gasteiger partial charge in [0, 0.05) is 12.4 Å². The largest absolute Gasteiger partial charge is 0.478 e. The molecule has 0 aliphatic rings. The maximum absolute atomic E-state index is 10.8. The summed E-state index contributed by atoms with van der Waals surface area (Å²) in [5.41, 5.74) is 0.229. The predicted octanol–water partition coefficient (Wildman–Crippen LogP) is 1.98. The van der Waals surface area contributed by atoms with Gasteiger partial charge in [0.2, 0.25) is 5.95 Å². The van der Waals surface area contributed by atoms with Crippen molar-refractivity contribution in [1.82, 2.24) is 9.97 Å². The van der Waals surface area contributed by atoms with Crippen LogP contribution in [-0.2, 0) is 0 Å². The second-order valence-corrected chi connectivity index (χ2v) is 3.58. The standard InChI is InChI=1S/C9H7N3O2S/c13-8(14)6-2-5-15-7(6)12-9-10-3-1-4-11-9/h1-5H,(H,13,14)(H,10,11,12). The summed E-state index contributed by atoms with van der Waals surface area (Å²) in [7, 11) is 0. The van der Waals surface area contributed by atoms with Crippen molar-refractivity contribution >= 4 is 28.3 Å². The molecule has 0 fully saturated rings. The molecule has 0 aliphatic heterocycles. The molecule has 0 unspecified atom stereocenters. The Labute approximate surface area is 89.4 Å². The summed E-state index contributed by atoms with van der Waals surface area (Å²) in [6, 6.07) is 3.23. The number of hydrogen-bond acceptors (Lipinski definition) is 5. The Morgan fingerprint density at radius 2 is 2.13 bits per heavy atom. The van der Waals surface area contributed by atoms with Crippen molar-refractivity contribution < 1.29 is 9.90 Å². The van der Waals surface area contributed by atoms with E-state index in [-0.39, 0.29) is 5.56 Å². The van der Waals surface area contributed by atoms with Crippen LogP contribution in [0.15, 0.2) is 29.9 Å². The van der Waals surface area contributed by atoms with Gasteiger partial charge in [-0.2, -0.15) is 0 Å². The Bertz CT molecular complexity index is 469. The summed E-state index contributed by atoms with van der Waals surface area (Å²) in [5, 5.41) is 13.9. The van der Waals surface area contributed by atoms with Crippen molar-refractivity contribution in [3.63, 3.8) is 0 Å². The third-order valence-electron chi connectivity index (χ3n) is 1.69. The molecular formula is C9H7N3O2S. The van der Waals surface area contributed by atoms with Gasteiger partial charge in [0.05, 0.1) is 5.56 Å². The SMILES string of the molecule is O=C(O)c1ccsc1Nc1ncccn1. The smallest absolute Gasteiger partial charge is 0.338 e. The third kappa shape index (κ3) is 2.10. The number of aromatic nitrogens is 2. The van der Waals surface area contributed by atoms with E-state index in [4.69, 9.17) is 5.11 Å². The fourth-order valence-corrected chi connectivity index (χ4v) is 1.81. The molecule has 0 aromatic carbocycles. The Morgan fingerprint density at radius 1 is 1.40 bits per heavy atom. The summed E-state index contributed by atoms with van der Waals surface area (Å²) in [5.74, 6) is -0.572. The Hall–Kier alpha value is -1.95. The summed E-state index contributed by atoms with van der Waals surface area (Å²) in [6.45, 7) is 0. The molecule has 76 valence electrons. The molecular weight excluding hydrogens is 214 g/mol. The molecule has 5 nitrogen and oxygen atoms in total. The number of rotatable bonds is 3. The van der Waals surface area contributed by atoms with Gasteiger partial charge < -0.3 is 10.4 Å². The number of nitrogens with one attached hydrogen (secondary N) is 1. The van der Waals surface area contributed by atoms with E-state index in [1.54, 1.807) is 23.8 Å². The van der Waals surface area contributed by atoms with Crippen molar-refractivity contribution in [2.24, 2.45) is 0 Å². The first-order valence-corrected chi connectivity index (χ1v) is 5.00. The first-order chi connectivity index (χ1) is 7.27. The van der Waals surface area contributed by atoms with Gasteiger partial charge in [0.25, 0.3) is 0 Å². The van der Waals surface area contributed by atoms with Crippen LogP contribution in [0.4, 0.5) is 10.9 Å². The molecule has 0 saturated carbocycles. The Morgan fingerprint density at radius 3 is 2.80 bits per heavy atom. The molecule has 0 radical (unpaired) electrons. The normalized spacial score (nSPS) is 9.87. The van der Waals surface area contributed by atoms with Crippen molar-refractivity contribution in [2.75, 3.05) is 5.32 Å². The lowest BCUT2D eigenvalue weighted by Crippen LogP contribution is -2.00. The summed E-state index contributed by atoms with van der Waals surface area (Å²) >= 11 is 1.30. The molecule has 2 aromatic heterocycles. The lowest BCUT2D eigenvalue weighted by molar-refractivity contribution is 0.0698. The van der Waals surface area contributed by atoms with E-state index >= 15 is 0 Å². The fraction of sp³-hybridized carbons (Fsp3) is 0. The molecule has 2 N–H and O–H groups in total. The van der Waals surface area contributed by atoms with Crippen LogP contribution < -0.4 is 5.32 Å². The zero-order valence-corrected chi connectivity index (χ0v) is 8.36. The Balaban J connectivity index is 2.25. The number of thiophene rings is 1. The molecule has 0 spiro atoms. The van der Waals surface area contributed by atoms with E-state index in [0.717, 1.165) is 0 Å². The van der Waals surface area contributed by atoms with E-state index in [1.807, 2.05) is 0 Å². The van der Waals surface area contributed by atoms with Gasteiger partial charge in [0.15, 0.2) is 0 Å². The molecule has 0 bridgehead atoms. The fourth-order valence-electron chi connectivity index (χ4n) is 1.04. The predicted molar refractivity (Wildman–Crippen MR) is 56.6 cm³/mol. The highest BCUT2D eigenvalue weighted by molar-refractivity contribution is 7.14. The zero-order valence-electron chi connectivity index (χ0n) is 7.54. The maximum Gasteiger partial charge on any atom is 0.338 e. The lowest BCUT2D eigenvalue weighted by atomic mass is 10.3. The number of aromatic carboxylic acids is 1. The van der Waals surface area contributed by atoms with Crippen LogP contribution in [0.3, 0.4) is 0 Å². The van der Waals surface area contributed by atoms with E-state index in [2.05, 4.69) is 15.3 Å². The average Bonchev–Trinajstić information content (AvgIpc) is 2.67. The van der Waals surface area contributed by atoms with Crippen molar-refractivity contribution in [3.05, 3.63) is 35.5 Å². The summed E-state index contributed by atoms with van der Waals surface area (Å²) in [4.78, 5) is 18.7. The van der Waals surface area contributed by atoms with Crippen molar-refractivity contribution in [3.8, 4) is 0 Å². The van der Waals surface area contributed by atoms with Crippen LogP contribution in [-0.4, -0.2) is 21.0 Å². The molecule has 2 heterocycles. The minimum atomic E-state index is -0.963. The molecule has 0 saturated heterocycles. The number of nitrogens with zero attached hydrogens (tertiary/aromatic N) is 2. The van der Waals surface area contributed by atoms with Crippen molar-refractivity contribution in [1.29, 1.82) is 0 Å². The number of anilines is 2. The van der Waals surface area contributed by atoms with Crippen LogP contribution >= 0.6 is 11.3 Å². The molecule has 15 heavy (non-hydrogen) atoms.